The number of halogens is 4. The Labute approximate surface area is 78.5 Å². The van der Waals surface area contributed by atoms with E-state index in [9.17, 15) is 13.2 Å². The molecule has 1 nitrogen and oxygen atoms in total. The molecule has 0 aliphatic carbocycles. The molecule has 0 aromatic carbocycles. The molecule has 5 heteroatoms. The second-order valence-electron chi connectivity index (χ2n) is 2.55. The van der Waals surface area contributed by atoms with Gasteiger partial charge in [0, 0.05) is 11.8 Å². The van der Waals surface area contributed by atoms with Crippen LogP contribution in [0.3, 0.4) is 0 Å². The molecule has 1 aromatic heterocycles. The van der Waals surface area contributed by atoms with Gasteiger partial charge in [-0.25, -0.2) is 13.2 Å². The van der Waals surface area contributed by atoms with Crippen molar-refractivity contribution in [1.82, 2.24) is 4.98 Å². The Morgan fingerprint density at radius 1 is 1.54 bits per heavy atom. The normalized spacial score (nSPS) is 10.9. The number of aromatic nitrogens is 1. The van der Waals surface area contributed by atoms with Gasteiger partial charge in [0.1, 0.15) is 5.82 Å². The van der Waals surface area contributed by atoms with Crippen molar-refractivity contribution in [1.29, 1.82) is 0 Å². The fraction of sp³-hybridized carbons (Fsp3) is 0.375. The predicted molar refractivity (Wildman–Crippen MR) is 43.4 cm³/mol. The first-order valence-corrected chi connectivity index (χ1v) is 4.09. The number of alkyl halides is 3. The molecule has 0 fully saturated rings. The van der Waals surface area contributed by atoms with Crippen LogP contribution in [0.15, 0.2) is 6.20 Å². The second-order valence-corrected chi connectivity index (χ2v) is 2.82. The van der Waals surface area contributed by atoms with Crippen molar-refractivity contribution in [2.24, 2.45) is 0 Å². The molecule has 0 spiro atoms. The lowest BCUT2D eigenvalue weighted by atomic mass is 10.1. The number of pyridine rings is 1. The van der Waals surface area contributed by atoms with Crippen LogP contribution in [0.25, 0.3) is 0 Å². The molecule has 1 rings (SSSR count). The zero-order valence-electron chi connectivity index (χ0n) is 6.82. The Morgan fingerprint density at radius 3 is 2.62 bits per heavy atom. The zero-order valence-corrected chi connectivity index (χ0v) is 7.58. The lowest BCUT2D eigenvalue weighted by molar-refractivity contribution is 0.144. The van der Waals surface area contributed by atoms with Gasteiger partial charge in [0.2, 0.25) is 0 Å². The van der Waals surface area contributed by atoms with Gasteiger partial charge >= 0.3 is 0 Å². The molecule has 0 radical (unpaired) electrons. The lowest BCUT2D eigenvalue weighted by Gasteiger charge is -2.07. The Bertz CT molecular complexity index is 315. The summed E-state index contributed by atoms with van der Waals surface area (Å²) >= 11 is 5.34. The molecule has 72 valence electrons. The SMILES string of the molecule is Cc1cnc(CCl)c(C(F)F)c1F. The number of hydrogen-bond donors (Lipinski definition) is 0. The second kappa shape index (κ2) is 3.96. The van der Waals surface area contributed by atoms with Gasteiger partial charge in [0.05, 0.1) is 17.1 Å². The fourth-order valence-electron chi connectivity index (χ4n) is 0.968. The highest BCUT2D eigenvalue weighted by Crippen LogP contribution is 2.27. The Kier molecular flexibility index (Phi) is 3.14. The maximum atomic E-state index is 13.1. The van der Waals surface area contributed by atoms with E-state index in [0.717, 1.165) is 0 Å². The molecule has 1 aromatic rings. The van der Waals surface area contributed by atoms with Gasteiger partial charge in [0.25, 0.3) is 6.43 Å². The average Bonchev–Trinajstić information content (AvgIpc) is 2.08. The van der Waals surface area contributed by atoms with Crippen LogP contribution in [0, 0.1) is 12.7 Å². The maximum absolute atomic E-state index is 13.1. The summed E-state index contributed by atoms with van der Waals surface area (Å²) in [7, 11) is 0. The summed E-state index contributed by atoms with van der Waals surface area (Å²) in [5.41, 5.74) is -0.682. The third-order valence-corrected chi connectivity index (χ3v) is 1.91. The van der Waals surface area contributed by atoms with Crippen LogP contribution in [-0.2, 0) is 5.88 Å². The van der Waals surface area contributed by atoms with Crippen LogP contribution >= 0.6 is 11.6 Å². The molecule has 0 amide bonds. The molecular weight excluding hydrogens is 203 g/mol. The number of nitrogens with zero attached hydrogens (tertiary/aromatic N) is 1. The van der Waals surface area contributed by atoms with Crippen LogP contribution in [0.2, 0.25) is 0 Å². The summed E-state index contributed by atoms with van der Waals surface area (Å²) in [5, 5.41) is 0. The number of rotatable bonds is 2. The first-order valence-electron chi connectivity index (χ1n) is 3.56. The molecule has 0 saturated carbocycles. The maximum Gasteiger partial charge on any atom is 0.268 e. The molecule has 0 N–H and O–H groups in total. The van der Waals surface area contributed by atoms with Crippen molar-refractivity contribution in [3.8, 4) is 0 Å². The first kappa shape index (κ1) is 10.3. The van der Waals surface area contributed by atoms with Crippen molar-refractivity contribution in [2.45, 2.75) is 19.2 Å². The van der Waals surface area contributed by atoms with E-state index < -0.39 is 17.8 Å². The molecule has 0 aliphatic rings. The molecule has 0 saturated heterocycles. The standard InChI is InChI=1S/C8H7ClF3N/c1-4-3-13-5(2-9)6(7(4)10)8(11)12/h3,8H,2H2,1H3. The van der Waals surface area contributed by atoms with Crippen molar-refractivity contribution < 1.29 is 13.2 Å². The Hall–Kier alpha value is -0.770. The molecule has 0 unspecified atom stereocenters. The van der Waals surface area contributed by atoms with Crippen LogP contribution in [-0.4, -0.2) is 4.98 Å². The van der Waals surface area contributed by atoms with Gasteiger partial charge in [-0.3, -0.25) is 4.98 Å². The fourth-order valence-corrected chi connectivity index (χ4v) is 1.18. The van der Waals surface area contributed by atoms with Gasteiger partial charge in [0.15, 0.2) is 0 Å². The summed E-state index contributed by atoms with van der Waals surface area (Å²) in [6.07, 6.45) is -1.68. The van der Waals surface area contributed by atoms with Gasteiger partial charge in [-0.1, -0.05) is 0 Å². The molecule has 0 atom stereocenters. The van der Waals surface area contributed by atoms with Crippen LogP contribution < -0.4 is 0 Å². The minimum Gasteiger partial charge on any atom is -0.259 e. The predicted octanol–water partition coefficient (Wildman–Crippen LogP) is 3.21. The van der Waals surface area contributed by atoms with Gasteiger partial charge < -0.3 is 0 Å². The highest BCUT2D eigenvalue weighted by Gasteiger charge is 2.20. The van der Waals surface area contributed by atoms with E-state index >= 15 is 0 Å². The quantitative estimate of drug-likeness (QED) is 0.682. The first-order chi connectivity index (χ1) is 6.07. The smallest absolute Gasteiger partial charge is 0.259 e. The molecule has 13 heavy (non-hydrogen) atoms. The third-order valence-electron chi connectivity index (χ3n) is 1.65. The van der Waals surface area contributed by atoms with Crippen LogP contribution in [0.4, 0.5) is 13.2 Å². The lowest BCUT2D eigenvalue weighted by Crippen LogP contribution is -2.02. The summed E-state index contributed by atoms with van der Waals surface area (Å²) in [5.74, 6) is -1.13. The largest absolute Gasteiger partial charge is 0.268 e. The Balaban J connectivity index is 3.32. The third kappa shape index (κ3) is 1.94. The van der Waals surface area contributed by atoms with Crippen molar-refractivity contribution in [3.63, 3.8) is 0 Å². The highest BCUT2D eigenvalue weighted by atomic mass is 35.5. The molecule has 0 bridgehead atoms. The van der Waals surface area contributed by atoms with E-state index in [4.69, 9.17) is 11.6 Å². The van der Waals surface area contributed by atoms with E-state index in [1.807, 2.05) is 0 Å². The van der Waals surface area contributed by atoms with E-state index in [2.05, 4.69) is 4.98 Å². The van der Waals surface area contributed by atoms with Crippen molar-refractivity contribution in [2.75, 3.05) is 0 Å². The van der Waals surface area contributed by atoms with Gasteiger partial charge in [-0.05, 0) is 6.92 Å². The minimum absolute atomic E-state index is 0.0974. The van der Waals surface area contributed by atoms with Crippen LogP contribution in [0.5, 0.6) is 0 Å². The summed E-state index contributed by atoms with van der Waals surface area (Å²) in [6.45, 7) is 1.38. The molecular formula is C8H7ClF3N. The minimum atomic E-state index is -2.87. The van der Waals surface area contributed by atoms with Crippen molar-refractivity contribution >= 4 is 11.6 Å². The average molecular weight is 210 g/mol. The Morgan fingerprint density at radius 2 is 2.15 bits per heavy atom. The van der Waals surface area contributed by atoms with Crippen LogP contribution in [0.1, 0.15) is 23.2 Å². The summed E-state index contributed by atoms with van der Waals surface area (Å²) in [6, 6.07) is 0. The van der Waals surface area contributed by atoms with E-state index in [-0.39, 0.29) is 17.1 Å². The monoisotopic (exact) mass is 209 g/mol. The van der Waals surface area contributed by atoms with Gasteiger partial charge in [-0.15, -0.1) is 11.6 Å². The summed E-state index contributed by atoms with van der Waals surface area (Å²) in [4.78, 5) is 3.63. The molecule has 0 aliphatic heterocycles. The number of hydrogen-bond acceptors (Lipinski definition) is 1. The molecule has 1 heterocycles. The zero-order chi connectivity index (χ0) is 10.0. The van der Waals surface area contributed by atoms with E-state index in [1.54, 1.807) is 0 Å². The van der Waals surface area contributed by atoms with Crippen molar-refractivity contribution in [3.05, 3.63) is 28.8 Å². The highest BCUT2D eigenvalue weighted by molar-refractivity contribution is 6.17. The van der Waals surface area contributed by atoms with E-state index in [1.165, 1.54) is 13.1 Å². The summed E-state index contributed by atoms with van der Waals surface area (Å²) < 4.78 is 37.8. The van der Waals surface area contributed by atoms with E-state index in [0.29, 0.717) is 0 Å². The van der Waals surface area contributed by atoms with Gasteiger partial charge in [-0.2, -0.15) is 0 Å². The number of aryl methyl sites for hydroxylation is 1. The topological polar surface area (TPSA) is 12.9 Å².